The largest absolute Gasteiger partial charge is 0.279 e. The Kier molecular flexibility index (Phi) is 2.86. The van der Waals surface area contributed by atoms with Crippen molar-refractivity contribution in [2.45, 2.75) is 13.3 Å². The lowest BCUT2D eigenvalue weighted by Crippen LogP contribution is -2.28. The summed E-state index contributed by atoms with van der Waals surface area (Å²) in [5, 5.41) is 0. The van der Waals surface area contributed by atoms with Gasteiger partial charge in [-0.25, -0.2) is 0 Å². The topological polar surface area (TPSA) is 37.4 Å². The zero-order chi connectivity index (χ0) is 11.5. The fraction of sp³-hybridized carbons (Fsp3) is 0.231. The second-order valence-electron chi connectivity index (χ2n) is 3.70. The lowest BCUT2D eigenvalue weighted by molar-refractivity contribution is -0.137. The van der Waals surface area contributed by atoms with Crippen LogP contribution in [0.1, 0.15) is 18.9 Å². The highest BCUT2D eigenvalue weighted by atomic mass is 16.2. The number of hydrogen-bond donors (Lipinski definition) is 0. The first kappa shape index (κ1) is 10.6. The number of hydrogen-bond acceptors (Lipinski definition) is 2. The molecule has 16 heavy (non-hydrogen) atoms. The fourth-order valence-electron chi connectivity index (χ4n) is 1.80. The number of amides is 2. The smallest absolute Gasteiger partial charge is 0.256 e. The molecule has 2 rings (SSSR count). The molecule has 1 fully saturated rings. The number of nitrogens with zero attached hydrogens (tertiary/aromatic N) is 1. The normalized spacial score (nSPS) is 18.6. The van der Waals surface area contributed by atoms with E-state index >= 15 is 0 Å². The van der Waals surface area contributed by atoms with Gasteiger partial charge in [0.1, 0.15) is 0 Å². The summed E-state index contributed by atoms with van der Waals surface area (Å²) in [5.74, 6) is -0.258. The molecule has 0 atom stereocenters. The van der Waals surface area contributed by atoms with E-state index in [0.29, 0.717) is 12.1 Å². The van der Waals surface area contributed by atoms with Gasteiger partial charge in [-0.15, -0.1) is 0 Å². The van der Waals surface area contributed by atoms with Gasteiger partial charge < -0.3 is 0 Å². The van der Waals surface area contributed by atoms with Crippen molar-refractivity contribution in [2.24, 2.45) is 0 Å². The van der Waals surface area contributed by atoms with Gasteiger partial charge in [-0.2, -0.15) is 0 Å². The van der Waals surface area contributed by atoms with Crippen LogP contribution in [-0.4, -0.2) is 23.3 Å². The molecule has 0 saturated carbocycles. The Labute approximate surface area is 94.4 Å². The molecule has 1 heterocycles. The van der Waals surface area contributed by atoms with Crippen molar-refractivity contribution in [2.75, 3.05) is 6.54 Å². The van der Waals surface area contributed by atoms with Crippen LogP contribution in [0.25, 0.3) is 6.08 Å². The summed E-state index contributed by atoms with van der Waals surface area (Å²) in [6.07, 6.45) is 2.01. The predicted octanol–water partition coefficient (Wildman–Crippen LogP) is 1.85. The number of benzene rings is 1. The van der Waals surface area contributed by atoms with Gasteiger partial charge in [0.05, 0.1) is 6.42 Å². The Bertz CT molecular complexity index is 448. The first-order chi connectivity index (χ1) is 7.72. The maximum absolute atomic E-state index is 11.8. The van der Waals surface area contributed by atoms with Gasteiger partial charge in [0, 0.05) is 12.1 Å². The number of imide groups is 1. The summed E-state index contributed by atoms with van der Waals surface area (Å²) in [7, 11) is 0. The van der Waals surface area contributed by atoms with E-state index < -0.39 is 0 Å². The molecule has 1 aliphatic heterocycles. The molecule has 0 unspecified atom stereocenters. The second kappa shape index (κ2) is 4.31. The molecule has 0 radical (unpaired) electrons. The minimum Gasteiger partial charge on any atom is -0.279 e. The summed E-state index contributed by atoms with van der Waals surface area (Å²) >= 11 is 0. The van der Waals surface area contributed by atoms with E-state index in [1.807, 2.05) is 30.3 Å². The van der Waals surface area contributed by atoms with E-state index in [4.69, 9.17) is 0 Å². The number of likely N-dealkylation sites (N-methyl/N-ethyl adjacent to an activating group) is 1. The Morgan fingerprint density at radius 1 is 1.25 bits per heavy atom. The van der Waals surface area contributed by atoms with Crippen LogP contribution in [-0.2, 0) is 9.59 Å². The molecule has 3 heteroatoms. The first-order valence-corrected chi connectivity index (χ1v) is 5.32. The van der Waals surface area contributed by atoms with Crippen molar-refractivity contribution in [1.82, 2.24) is 4.90 Å². The number of likely N-dealkylation sites (tertiary alicyclic amines) is 1. The number of carbonyl (C=O) groups is 2. The van der Waals surface area contributed by atoms with E-state index in [1.54, 1.807) is 13.0 Å². The van der Waals surface area contributed by atoms with Gasteiger partial charge in [-0.05, 0) is 18.6 Å². The molecule has 0 spiro atoms. The Morgan fingerprint density at radius 3 is 2.50 bits per heavy atom. The average Bonchev–Trinajstić information content (AvgIpc) is 2.55. The molecule has 0 N–H and O–H groups in total. The molecule has 1 aromatic rings. The minimum atomic E-state index is -0.156. The van der Waals surface area contributed by atoms with Crippen LogP contribution >= 0.6 is 0 Å². The highest BCUT2D eigenvalue weighted by Crippen LogP contribution is 2.20. The Morgan fingerprint density at radius 2 is 1.94 bits per heavy atom. The van der Waals surface area contributed by atoms with Crippen LogP contribution in [0.3, 0.4) is 0 Å². The van der Waals surface area contributed by atoms with Gasteiger partial charge in [0.25, 0.3) is 5.91 Å². The zero-order valence-corrected chi connectivity index (χ0v) is 9.14. The van der Waals surface area contributed by atoms with Crippen LogP contribution in [0.2, 0.25) is 0 Å². The lowest BCUT2D eigenvalue weighted by atomic mass is 10.1. The third-order valence-corrected chi connectivity index (χ3v) is 2.62. The highest BCUT2D eigenvalue weighted by Gasteiger charge is 2.32. The lowest BCUT2D eigenvalue weighted by Gasteiger charge is -2.08. The molecule has 82 valence electrons. The molecular formula is C13H13NO2. The van der Waals surface area contributed by atoms with Crippen LogP contribution < -0.4 is 0 Å². The Hall–Kier alpha value is -1.90. The summed E-state index contributed by atoms with van der Waals surface area (Å²) in [6.45, 7) is 2.26. The van der Waals surface area contributed by atoms with Crippen LogP contribution in [0.15, 0.2) is 35.9 Å². The van der Waals surface area contributed by atoms with E-state index in [9.17, 15) is 9.59 Å². The maximum atomic E-state index is 11.8. The van der Waals surface area contributed by atoms with Gasteiger partial charge in [0.15, 0.2) is 0 Å². The SMILES string of the molecule is CCN1C(=O)CC(=Cc2ccccc2)C1=O. The van der Waals surface area contributed by atoms with Crippen molar-refractivity contribution in [1.29, 1.82) is 0 Å². The van der Waals surface area contributed by atoms with Gasteiger partial charge >= 0.3 is 0 Å². The molecule has 1 aromatic carbocycles. The quantitative estimate of drug-likeness (QED) is 0.557. The van der Waals surface area contributed by atoms with Gasteiger partial charge in [0.2, 0.25) is 5.91 Å². The number of rotatable bonds is 2. The van der Waals surface area contributed by atoms with Gasteiger partial charge in [-0.3, -0.25) is 14.5 Å². The molecule has 3 nitrogen and oxygen atoms in total. The van der Waals surface area contributed by atoms with E-state index in [2.05, 4.69) is 0 Å². The van der Waals surface area contributed by atoms with Crippen LogP contribution in [0, 0.1) is 0 Å². The Balaban J connectivity index is 2.27. The average molecular weight is 215 g/mol. The standard InChI is InChI=1S/C13H13NO2/c1-2-14-12(15)9-11(13(14)16)8-10-6-4-3-5-7-10/h3-8H,2,9H2,1H3. The van der Waals surface area contributed by atoms with Crippen LogP contribution in [0.5, 0.6) is 0 Å². The zero-order valence-electron chi connectivity index (χ0n) is 9.14. The third kappa shape index (κ3) is 1.89. The second-order valence-corrected chi connectivity index (χ2v) is 3.70. The maximum Gasteiger partial charge on any atom is 0.256 e. The molecule has 0 aromatic heterocycles. The van der Waals surface area contributed by atoms with Crippen molar-refractivity contribution in [3.05, 3.63) is 41.5 Å². The van der Waals surface area contributed by atoms with E-state index in [0.717, 1.165) is 5.56 Å². The summed E-state index contributed by atoms with van der Waals surface area (Å²) < 4.78 is 0. The van der Waals surface area contributed by atoms with Crippen molar-refractivity contribution < 1.29 is 9.59 Å². The molecule has 2 amide bonds. The summed E-state index contributed by atoms with van der Waals surface area (Å²) in [5.41, 5.74) is 1.54. The predicted molar refractivity (Wildman–Crippen MR) is 61.4 cm³/mol. The number of carbonyl (C=O) groups excluding carboxylic acids is 2. The highest BCUT2D eigenvalue weighted by molar-refractivity contribution is 6.15. The minimum absolute atomic E-state index is 0.102. The van der Waals surface area contributed by atoms with Crippen molar-refractivity contribution >= 4 is 17.9 Å². The van der Waals surface area contributed by atoms with E-state index in [-0.39, 0.29) is 18.2 Å². The third-order valence-electron chi connectivity index (χ3n) is 2.62. The van der Waals surface area contributed by atoms with Crippen LogP contribution in [0.4, 0.5) is 0 Å². The van der Waals surface area contributed by atoms with E-state index in [1.165, 1.54) is 4.90 Å². The first-order valence-electron chi connectivity index (χ1n) is 5.32. The van der Waals surface area contributed by atoms with Crippen molar-refractivity contribution in [3.8, 4) is 0 Å². The summed E-state index contributed by atoms with van der Waals surface area (Å²) in [4.78, 5) is 24.6. The molecule has 0 bridgehead atoms. The molecule has 1 saturated heterocycles. The fourth-order valence-corrected chi connectivity index (χ4v) is 1.80. The van der Waals surface area contributed by atoms with Gasteiger partial charge in [-0.1, -0.05) is 30.3 Å². The molecule has 0 aliphatic carbocycles. The monoisotopic (exact) mass is 215 g/mol. The van der Waals surface area contributed by atoms with Crippen molar-refractivity contribution in [3.63, 3.8) is 0 Å². The molecular weight excluding hydrogens is 202 g/mol. The molecule has 1 aliphatic rings. The summed E-state index contributed by atoms with van der Waals surface area (Å²) in [6, 6.07) is 9.57.